The highest BCUT2D eigenvalue weighted by Gasteiger charge is 2.26. The largest absolute Gasteiger partial charge is 0.480 e. The first-order valence-electron chi connectivity index (χ1n) is 8.75. The molecular weight excluding hydrogens is 294 g/mol. The molecule has 0 heterocycles. The molecule has 0 atom stereocenters. The zero-order chi connectivity index (χ0) is 17.9. The van der Waals surface area contributed by atoms with Crippen molar-refractivity contribution in [3.8, 4) is 0 Å². The van der Waals surface area contributed by atoms with Gasteiger partial charge in [-0.05, 0) is 18.8 Å². The van der Waals surface area contributed by atoms with Crippen molar-refractivity contribution in [3.63, 3.8) is 0 Å². The van der Waals surface area contributed by atoms with Crippen LogP contribution in [0.5, 0.6) is 0 Å². The van der Waals surface area contributed by atoms with Gasteiger partial charge < -0.3 is 21.5 Å². The molecule has 0 aliphatic carbocycles. The van der Waals surface area contributed by atoms with E-state index in [-0.39, 0.29) is 18.9 Å². The fraction of sp³-hybridized carbons (Fsp3) is 0.882. The number of unbranched alkanes of at least 4 members (excludes halogenated alkanes) is 3. The molecule has 0 unspecified atom stereocenters. The first-order valence-corrected chi connectivity index (χ1v) is 8.75. The zero-order valence-electron chi connectivity index (χ0n) is 15.0. The molecule has 0 fully saturated rings. The van der Waals surface area contributed by atoms with Crippen molar-refractivity contribution in [2.75, 3.05) is 13.1 Å². The van der Waals surface area contributed by atoms with Crippen LogP contribution in [0.1, 0.15) is 72.1 Å². The molecule has 136 valence electrons. The molecule has 0 radical (unpaired) electrons. The van der Waals surface area contributed by atoms with Gasteiger partial charge >= 0.3 is 5.97 Å². The molecule has 6 heteroatoms. The van der Waals surface area contributed by atoms with E-state index in [2.05, 4.69) is 20.8 Å². The molecule has 0 aromatic heterocycles. The molecule has 0 spiro atoms. The summed E-state index contributed by atoms with van der Waals surface area (Å²) in [6.45, 7) is 6.54. The van der Waals surface area contributed by atoms with Gasteiger partial charge in [0.1, 0.15) is 6.54 Å². The van der Waals surface area contributed by atoms with Crippen LogP contribution in [0.3, 0.4) is 0 Å². The van der Waals surface area contributed by atoms with Gasteiger partial charge in [0, 0.05) is 6.54 Å². The van der Waals surface area contributed by atoms with E-state index < -0.39 is 11.6 Å². The van der Waals surface area contributed by atoms with Gasteiger partial charge in [0.05, 0.1) is 12.1 Å². The SMILES string of the molecule is CCCCCC(N)(N)CC(=O)N(CCCCC(C)C)CC(=O)O. The highest BCUT2D eigenvalue weighted by molar-refractivity contribution is 5.82. The van der Waals surface area contributed by atoms with Crippen LogP contribution >= 0.6 is 0 Å². The number of hydrogen-bond donors (Lipinski definition) is 3. The average Bonchev–Trinajstić information content (AvgIpc) is 2.41. The van der Waals surface area contributed by atoms with Crippen LogP contribution in [-0.4, -0.2) is 40.6 Å². The van der Waals surface area contributed by atoms with Crippen molar-refractivity contribution < 1.29 is 14.7 Å². The molecule has 23 heavy (non-hydrogen) atoms. The van der Waals surface area contributed by atoms with Gasteiger partial charge in [0.2, 0.25) is 5.91 Å². The number of carboxylic acids is 1. The van der Waals surface area contributed by atoms with E-state index in [1.165, 1.54) is 4.90 Å². The predicted octanol–water partition coefficient (Wildman–Crippen LogP) is 2.31. The lowest BCUT2D eigenvalue weighted by Crippen LogP contribution is -2.53. The minimum Gasteiger partial charge on any atom is -0.480 e. The van der Waals surface area contributed by atoms with E-state index in [4.69, 9.17) is 16.6 Å². The number of rotatable bonds is 13. The van der Waals surface area contributed by atoms with E-state index in [1.807, 2.05) is 0 Å². The van der Waals surface area contributed by atoms with Crippen molar-refractivity contribution in [3.05, 3.63) is 0 Å². The highest BCUT2D eigenvalue weighted by atomic mass is 16.4. The monoisotopic (exact) mass is 329 g/mol. The summed E-state index contributed by atoms with van der Waals surface area (Å²) in [5.74, 6) is -0.663. The maximum Gasteiger partial charge on any atom is 0.323 e. The molecule has 0 aliphatic heterocycles. The fourth-order valence-corrected chi connectivity index (χ4v) is 2.50. The Bertz CT molecular complexity index is 357. The molecule has 0 saturated carbocycles. The number of hydrogen-bond acceptors (Lipinski definition) is 4. The summed E-state index contributed by atoms with van der Waals surface area (Å²) in [6, 6.07) is 0. The van der Waals surface area contributed by atoms with Crippen LogP contribution in [0.15, 0.2) is 0 Å². The standard InChI is InChI=1S/C17H35N3O3/c1-4-5-7-10-17(18,19)12-15(21)20(13-16(22)23)11-8-6-9-14(2)3/h14H,4-13,18-19H2,1-3H3,(H,22,23). The predicted molar refractivity (Wildman–Crippen MR) is 92.8 cm³/mol. The summed E-state index contributed by atoms with van der Waals surface area (Å²) < 4.78 is 0. The third-order valence-electron chi connectivity index (χ3n) is 3.86. The van der Waals surface area contributed by atoms with Crippen LogP contribution in [-0.2, 0) is 9.59 Å². The Hall–Kier alpha value is -1.14. The summed E-state index contributed by atoms with van der Waals surface area (Å²) in [4.78, 5) is 24.7. The molecular formula is C17H35N3O3. The van der Waals surface area contributed by atoms with Gasteiger partial charge in [-0.1, -0.05) is 52.9 Å². The quantitative estimate of drug-likeness (QED) is 0.355. The van der Waals surface area contributed by atoms with Gasteiger partial charge in [-0.25, -0.2) is 0 Å². The first-order chi connectivity index (χ1) is 10.7. The summed E-state index contributed by atoms with van der Waals surface area (Å²) >= 11 is 0. The Kier molecular flexibility index (Phi) is 10.8. The second-order valence-corrected chi connectivity index (χ2v) is 6.97. The van der Waals surface area contributed by atoms with Crippen molar-refractivity contribution in [1.29, 1.82) is 0 Å². The number of carbonyl (C=O) groups is 2. The Morgan fingerprint density at radius 2 is 1.78 bits per heavy atom. The lowest BCUT2D eigenvalue weighted by atomic mass is 9.99. The highest BCUT2D eigenvalue weighted by Crippen LogP contribution is 2.14. The summed E-state index contributed by atoms with van der Waals surface area (Å²) in [7, 11) is 0. The minimum atomic E-state index is -1.05. The van der Waals surface area contributed by atoms with E-state index in [1.54, 1.807) is 0 Å². The number of nitrogens with two attached hydrogens (primary N) is 2. The second-order valence-electron chi connectivity index (χ2n) is 6.97. The van der Waals surface area contributed by atoms with E-state index in [9.17, 15) is 9.59 Å². The van der Waals surface area contributed by atoms with Gasteiger partial charge in [-0.2, -0.15) is 0 Å². The third kappa shape index (κ3) is 12.0. The molecule has 1 amide bonds. The lowest BCUT2D eigenvalue weighted by Gasteiger charge is -2.28. The first kappa shape index (κ1) is 21.9. The van der Waals surface area contributed by atoms with Gasteiger partial charge in [0.15, 0.2) is 0 Å². The van der Waals surface area contributed by atoms with Crippen molar-refractivity contribution >= 4 is 11.9 Å². The summed E-state index contributed by atoms with van der Waals surface area (Å²) in [6.07, 6.45) is 6.38. The molecule has 5 N–H and O–H groups in total. The second kappa shape index (κ2) is 11.4. The average molecular weight is 329 g/mol. The van der Waals surface area contributed by atoms with Crippen molar-refractivity contribution in [2.24, 2.45) is 17.4 Å². The lowest BCUT2D eigenvalue weighted by molar-refractivity contribution is -0.145. The fourth-order valence-electron chi connectivity index (χ4n) is 2.50. The summed E-state index contributed by atoms with van der Waals surface area (Å²) in [5, 5.41) is 8.99. The molecule has 0 aromatic carbocycles. The van der Waals surface area contributed by atoms with Crippen LogP contribution in [0.4, 0.5) is 0 Å². The maximum atomic E-state index is 12.4. The Labute approximate surface area is 140 Å². The molecule has 0 bridgehead atoms. The molecule has 0 aromatic rings. The van der Waals surface area contributed by atoms with E-state index >= 15 is 0 Å². The molecule has 0 aliphatic rings. The minimum absolute atomic E-state index is 0.00578. The zero-order valence-corrected chi connectivity index (χ0v) is 15.0. The van der Waals surface area contributed by atoms with E-state index in [0.29, 0.717) is 18.9 Å². The van der Waals surface area contributed by atoms with Gasteiger partial charge in [0.25, 0.3) is 0 Å². The van der Waals surface area contributed by atoms with Crippen molar-refractivity contribution in [2.45, 2.75) is 77.8 Å². The molecule has 0 saturated heterocycles. The number of nitrogens with zero attached hydrogens (tertiary/aromatic N) is 1. The number of carbonyl (C=O) groups excluding carboxylic acids is 1. The van der Waals surface area contributed by atoms with Gasteiger partial charge in [-0.15, -0.1) is 0 Å². The van der Waals surface area contributed by atoms with E-state index in [0.717, 1.165) is 38.5 Å². The topological polar surface area (TPSA) is 110 Å². The van der Waals surface area contributed by atoms with Crippen LogP contribution in [0.2, 0.25) is 0 Å². The van der Waals surface area contributed by atoms with Crippen LogP contribution in [0.25, 0.3) is 0 Å². The maximum absolute atomic E-state index is 12.4. The third-order valence-corrected chi connectivity index (χ3v) is 3.86. The molecule has 6 nitrogen and oxygen atoms in total. The Morgan fingerprint density at radius 1 is 1.13 bits per heavy atom. The van der Waals surface area contributed by atoms with Crippen molar-refractivity contribution in [1.82, 2.24) is 4.90 Å². The van der Waals surface area contributed by atoms with Crippen LogP contribution in [0, 0.1) is 5.92 Å². The number of aliphatic carboxylic acids is 1. The van der Waals surface area contributed by atoms with Gasteiger partial charge in [-0.3, -0.25) is 9.59 Å². The number of amides is 1. The summed E-state index contributed by atoms with van der Waals surface area (Å²) in [5.41, 5.74) is 11.0. The Balaban J connectivity index is 4.45. The smallest absolute Gasteiger partial charge is 0.323 e. The normalized spacial score (nSPS) is 11.7. The Morgan fingerprint density at radius 3 is 2.30 bits per heavy atom. The van der Waals surface area contributed by atoms with Crippen LogP contribution < -0.4 is 11.5 Å². The number of carboxylic acid groups (broad SMARTS) is 1. The molecule has 0 rings (SSSR count).